The quantitative estimate of drug-likeness (QED) is 0.522. The maximum Gasteiger partial charge on any atom is 0.158 e. The maximum atomic E-state index is 9.54. The molecule has 148 valence electrons. The predicted octanol–water partition coefficient (Wildman–Crippen LogP) is 5.83. The Morgan fingerprint density at radius 3 is 2.57 bits per heavy atom. The normalized spacial score (nSPS) is 24.4. The fourth-order valence-electron chi connectivity index (χ4n) is 6.11. The van der Waals surface area contributed by atoms with Crippen LogP contribution in [0, 0.1) is 18.3 Å². The predicted molar refractivity (Wildman–Crippen MR) is 120 cm³/mol. The van der Waals surface area contributed by atoms with E-state index in [0.717, 1.165) is 17.9 Å². The minimum atomic E-state index is -0.0527. The van der Waals surface area contributed by atoms with Gasteiger partial charge in [0, 0.05) is 23.0 Å². The Morgan fingerprint density at radius 1 is 1.00 bits per heavy atom. The lowest BCUT2D eigenvalue weighted by Gasteiger charge is -2.45. The number of fused-ring (bicyclic) bond motifs is 6. The van der Waals surface area contributed by atoms with Gasteiger partial charge in [0.15, 0.2) is 5.82 Å². The van der Waals surface area contributed by atoms with Gasteiger partial charge in [0.1, 0.15) is 12.2 Å². The smallest absolute Gasteiger partial charge is 0.158 e. The van der Waals surface area contributed by atoms with Crippen LogP contribution in [-0.4, -0.2) is 11.1 Å². The van der Waals surface area contributed by atoms with E-state index in [4.69, 9.17) is 4.98 Å². The number of para-hydroxylation sites is 1. The molecule has 2 bridgehead atoms. The second-order valence-electron chi connectivity index (χ2n) is 9.79. The molecule has 1 aromatic heterocycles. The second kappa shape index (κ2) is 5.43. The first-order valence-corrected chi connectivity index (χ1v) is 10.5. The summed E-state index contributed by atoms with van der Waals surface area (Å²) in [5, 5.41) is 9.54. The van der Waals surface area contributed by atoms with Gasteiger partial charge in [-0.1, -0.05) is 51.1 Å². The molecule has 0 saturated heterocycles. The number of rotatable bonds is 1. The maximum absolute atomic E-state index is 9.54. The minimum Gasteiger partial charge on any atom is -0.316 e. The van der Waals surface area contributed by atoms with Gasteiger partial charge in [-0.05, 0) is 53.6 Å². The molecule has 0 spiro atoms. The molecule has 30 heavy (non-hydrogen) atoms. The van der Waals surface area contributed by atoms with Crippen molar-refractivity contribution in [1.82, 2.24) is 4.98 Å². The SMILES string of the molecule is Cc1ccccc1N1c2cc(C#N)cnc2N2c3ccc4cc3C(C)(CC4(C)C)C12. The fraction of sp³-hybridized carbons (Fsp3) is 0.308. The summed E-state index contributed by atoms with van der Waals surface area (Å²) >= 11 is 0. The van der Waals surface area contributed by atoms with Gasteiger partial charge >= 0.3 is 0 Å². The highest BCUT2D eigenvalue weighted by molar-refractivity contribution is 5.92. The summed E-state index contributed by atoms with van der Waals surface area (Å²) in [6.07, 6.45) is 2.86. The Morgan fingerprint density at radius 2 is 1.80 bits per heavy atom. The average Bonchev–Trinajstić information content (AvgIpc) is 3.19. The van der Waals surface area contributed by atoms with Crippen LogP contribution in [0.4, 0.5) is 22.9 Å². The molecule has 3 heterocycles. The van der Waals surface area contributed by atoms with Gasteiger partial charge in [-0.15, -0.1) is 0 Å². The highest BCUT2D eigenvalue weighted by atomic mass is 15.5. The number of benzene rings is 2. The summed E-state index contributed by atoms with van der Waals surface area (Å²) in [5.74, 6) is 0.944. The van der Waals surface area contributed by atoms with E-state index in [9.17, 15) is 5.26 Å². The third-order valence-corrected chi connectivity index (χ3v) is 7.36. The minimum absolute atomic E-state index is 0.0527. The molecule has 4 nitrogen and oxygen atoms in total. The zero-order valence-electron chi connectivity index (χ0n) is 17.8. The molecule has 2 aliphatic heterocycles. The van der Waals surface area contributed by atoms with E-state index >= 15 is 0 Å². The van der Waals surface area contributed by atoms with Crippen molar-refractivity contribution in [2.24, 2.45) is 0 Å². The van der Waals surface area contributed by atoms with Gasteiger partial charge in [0.05, 0.1) is 11.3 Å². The van der Waals surface area contributed by atoms with E-state index in [2.05, 4.69) is 86.0 Å². The molecule has 0 saturated carbocycles. The zero-order chi connectivity index (χ0) is 20.8. The van der Waals surface area contributed by atoms with Crippen molar-refractivity contribution < 1.29 is 0 Å². The van der Waals surface area contributed by atoms with Gasteiger partial charge in [-0.3, -0.25) is 0 Å². The van der Waals surface area contributed by atoms with Crippen LogP contribution in [0.15, 0.2) is 54.7 Å². The van der Waals surface area contributed by atoms with Crippen molar-refractivity contribution in [3.63, 3.8) is 0 Å². The van der Waals surface area contributed by atoms with Crippen molar-refractivity contribution in [2.45, 2.75) is 51.1 Å². The molecule has 4 heteroatoms. The number of aromatic nitrogens is 1. The monoisotopic (exact) mass is 392 g/mol. The number of hydrogen-bond donors (Lipinski definition) is 0. The lowest BCUT2D eigenvalue weighted by atomic mass is 9.62. The Hall–Kier alpha value is -3.32. The molecular weight excluding hydrogens is 368 g/mol. The molecule has 2 atom stereocenters. The molecule has 0 amide bonds. The summed E-state index contributed by atoms with van der Waals surface area (Å²) in [6.45, 7) is 9.27. The van der Waals surface area contributed by atoms with Crippen LogP contribution >= 0.6 is 0 Å². The third-order valence-electron chi connectivity index (χ3n) is 7.36. The number of nitriles is 1. The molecule has 3 aliphatic rings. The summed E-state index contributed by atoms with van der Waals surface area (Å²) in [6, 6.07) is 19.8. The van der Waals surface area contributed by atoms with Crippen LogP contribution in [0.1, 0.15) is 49.4 Å². The van der Waals surface area contributed by atoms with E-state index in [1.807, 2.05) is 6.07 Å². The van der Waals surface area contributed by atoms with Crippen LogP contribution in [0.3, 0.4) is 0 Å². The van der Waals surface area contributed by atoms with Gasteiger partial charge in [0.25, 0.3) is 0 Å². The van der Waals surface area contributed by atoms with E-state index in [0.29, 0.717) is 5.56 Å². The molecule has 0 radical (unpaired) electrons. The number of pyridine rings is 1. The van der Waals surface area contributed by atoms with Crippen LogP contribution in [-0.2, 0) is 10.8 Å². The molecule has 6 rings (SSSR count). The Labute approximate surface area is 177 Å². The summed E-state index contributed by atoms with van der Waals surface area (Å²) in [4.78, 5) is 9.63. The topological polar surface area (TPSA) is 43.2 Å². The van der Waals surface area contributed by atoms with Gasteiger partial charge < -0.3 is 9.80 Å². The first kappa shape index (κ1) is 17.5. The number of anilines is 4. The molecule has 2 aromatic carbocycles. The molecule has 2 unspecified atom stereocenters. The highest BCUT2D eigenvalue weighted by Gasteiger charge is 2.59. The number of nitrogens with zero attached hydrogens (tertiary/aromatic N) is 4. The lowest BCUT2D eigenvalue weighted by molar-refractivity contribution is 0.286. The van der Waals surface area contributed by atoms with Crippen LogP contribution in [0.5, 0.6) is 0 Å². The summed E-state index contributed by atoms with van der Waals surface area (Å²) in [7, 11) is 0. The van der Waals surface area contributed by atoms with E-state index in [1.54, 1.807) is 6.20 Å². The van der Waals surface area contributed by atoms with Gasteiger partial charge in [-0.2, -0.15) is 5.26 Å². The van der Waals surface area contributed by atoms with Crippen molar-refractivity contribution in [1.29, 1.82) is 5.26 Å². The lowest BCUT2D eigenvalue weighted by Crippen LogP contribution is -2.51. The van der Waals surface area contributed by atoms with Crippen molar-refractivity contribution >= 4 is 22.9 Å². The summed E-state index contributed by atoms with van der Waals surface area (Å²) in [5.41, 5.74) is 8.15. The Kier molecular flexibility index (Phi) is 3.17. The van der Waals surface area contributed by atoms with Crippen LogP contribution in [0.25, 0.3) is 0 Å². The largest absolute Gasteiger partial charge is 0.316 e. The average molecular weight is 393 g/mol. The van der Waals surface area contributed by atoms with E-state index in [1.165, 1.54) is 28.1 Å². The molecule has 0 fully saturated rings. The third kappa shape index (κ3) is 1.98. The van der Waals surface area contributed by atoms with Crippen LogP contribution < -0.4 is 9.80 Å². The van der Waals surface area contributed by atoms with Gasteiger partial charge in [-0.25, -0.2) is 4.98 Å². The molecular formula is C26H24N4. The molecule has 3 aromatic rings. The zero-order valence-corrected chi connectivity index (χ0v) is 17.8. The first-order chi connectivity index (χ1) is 14.3. The molecule has 0 N–H and O–H groups in total. The second-order valence-corrected chi connectivity index (χ2v) is 9.79. The Balaban J connectivity index is 1.67. The van der Waals surface area contributed by atoms with Crippen LogP contribution in [0.2, 0.25) is 0 Å². The standard InChI is InChI=1S/C26H24N4/c1-16-7-5-6-8-20(16)29-22-11-17(13-27)14-28-23(22)30-21-10-9-18-12-19(21)26(4,24(29)30)15-25(18,2)3/h5-12,14,24H,15H2,1-4H3. The van der Waals surface area contributed by atoms with Gasteiger partial charge in [0.2, 0.25) is 0 Å². The summed E-state index contributed by atoms with van der Waals surface area (Å²) < 4.78 is 0. The highest BCUT2D eigenvalue weighted by Crippen LogP contribution is 2.63. The van der Waals surface area contributed by atoms with Crippen molar-refractivity contribution in [3.8, 4) is 6.07 Å². The number of hydrogen-bond acceptors (Lipinski definition) is 4. The number of aryl methyl sites for hydroxylation is 1. The Bertz CT molecular complexity index is 1270. The van der Waals surface area contributed by atoms with Crippen molar-refractivity contribution in [3.05, 3.63) is 77.0 Å². The first-order valence-electron chi connectivity index (χ1n) is 10.5. The van der Waals surface area contributed by atoms with E-state index < -0.39 is 0 Å². The fourth-order valence-corrected chi connectivity index (χ4v) is 6.11. The van der Waals surface area contributed by atoms with Crippen molar-refractivity contribution in [2.75, 3.05) is 9.80 Å². The molecule has 1 aliphatic carbocycles. The van der Waals surface area contributed by atoms with E-state index in [-0.39, 0.29) is 17.0 Å².